The van der Waals surface area contributed by atoms with E-state index in [4.69, 9.17) is 4.74 Å². The van der Waals surface area contributed by atoms with Crippen molar-refractivity contribution < 1.29 is 13.7 Å². The normalized spacial score (nSPS) is 15.8. The van der Waals surface area contributed by atoms with Crippen LogP contribution in [0.4, 0.5) is 5.69 Å². The summed E-state index contributed by atoms with van der Waals surface area (Å²) in [5.74, 6) is 0.301. The molecular weight excluding hydrogens is 396 g/mol. The number of nitrogens with zero attached hydrogens (tertiary/aromatic N) is 1. The van der Waals surface area contributed by atoms with Crippen LogP contribution in [0.15, 0.2) is 48.5 Å². The molecule has 4 rings (SSSR count). The Morgan fingerprint density at radius 1 is 1.13 bits per heavy atom. The van der Waals surface area contributed by atoms with Crippen LogP contribution in [0.3, 0.4) is 0 Å². The lowest BCUT2D eigenvalue weighted by molar-refractivity contribution is 0.0991. The highest BCUT2D eigenvalue weighted by molar-refractivity contribution is 7.84. The Labute approximate surface area is 179 Å². The highest BCUT2D eigenvalue weighted by Gasteiger charge is 2.20. The number of ether oxygens (including phenoxy) is 1. The third kappa shape index (κ3) is 4.77. The van der Waals surface area contributed by atoms with Gasteiger partial charge in [-0.25, -0.2) is 0 Å². The highest BCUT2D eigenvalue weighted by Crippen LogP contribution is 2.21. The molecule has 6 heteroatoms. The van der Waals surface area contributed by atoms with Crippen LogP contribution in [-0.2, 0) is 21.3 Å². The number of pyridine rings is 1. The number of aryl methyl sites for hydroxylation is 2. The first-order valence-corrected chi connectivity index (χ1v) is 11.6. The van der Waals surface area contributed by atoms with Gasteiger partial charge in [-0.3, -0.25) is 14.0 Å². The van der Waals surface area contributed by atoms with E-state index in [0.29, 0.717) is 35.9 Å². The third-order valence-electron chi connectivity index (χ3n) is 5.44. The molecule has 5 nitrogen and oxygen atoms in total. The summed E-state index contributed by atoms with van der Waals surface area (Å²) in [5, 5.41) is 4.10. The van der Waals surface area contributed by atoms with Crippen LogP contribution in [0, 0.1) is 13.8 Å². The zero-order valence-corrected chi connectivity index (χ0v) is 18.1. The van der Waals surface area contributed by atoms with E-state index >= 15 is 0 Å². The predicted octanol–water partition coefficient (Wildman–Crippen LogP) is 4.53. The summed E-state index contributed by atoms with van der Waals surface area (Å²) in [6.45, 7) is 5.25. The molecule has 1 amide bonds. The summed E-state index contributed by atoms with van der Waals surface area (Å²) in [5.41, 5.74) is 4.94. The van der Waals surface area contributed by atoms with Crippen LogP contribution in [-0.4, -0.2) is 33.6 Å². The quantitative estimate of drug-likeness (QED) is 0.656. The first-order valence-electron chi connectivity index (χ1n) is 10.2. The minimum atomic E-state index is -0.938. The number of benzene rings is 2. The molecule has 2 heterocycles. The lowest BCUT2D eigenvalue weighted by Crippen LogP contribution is -2.25. The summed E-state index contributed by atoms with van der Waals surface area (Å²) in [7, 11) is -0.938. The Morgan fingerprint density at radius 2 is 1.93 bits per heavy atom. The molecule has 156 valence electrons. The first kappa shape index (κ1) is 20.7. The Kier molecular flexibility index (Phi) is 6.25. The number of carbonyl (C=O) groups is 1. The Morgan fingerprint density at radius 3 is 2.73 bits per heavy atom. The maximum atomic E-state index is 12.9. The van der Waals surface area contributed by atoms with E-state index in [1.807, 2.05) is 62.4 Å². The molecule has 1 N–H and O–H groups in total. The molecule has 2 aromatic carbocycles. The van der Waals surface area contributed by atoms with Gasteiger partial charge in [0.1, 0.15) is 0 Å². The molecule has 1 atom stereocenters. The lowest BCUT2D eigenvalue weighted by atomic mass is 10.1. The summed E-state index contributed by atoms with van der Waals surface area (Å²) in [6, 6.07) is 15.5. The van der Waals surface area contributed by atoms with Crippen molar-refractivity contribution in [1.82, 2.24) is 4.98 Å². The van der Waals surface area contributed by atoms with Gasteiger partial charge in [-0.2, -0.15) is 0 Å². The number of rotatable bonds is 5. The van der Waals surface area contributed by atoms with Gasteiger partial charge in [0.2, 0.25) is 0 Å². The van der Waals surface area contributed by atoms with Crippen LogP contribution in [0.25, 0.3) is 10.9 Å². The molecule has 1 aliphatic heterocycles. The van der Waals surface area contributed by atoms with Crippen molar-refractivity contribution in [2.75, 3.05) is 18.5 Å². The molecule has 0 aliphatic carbocycles. The molecule has 1 aromatic heterocycles. The molecule has 0 saturated carbocycles. The summed E-state index contributed by atoms with van der Waals surface area (Å²) in [6.07, 6.45) is 1.69. The number of aromatic nitrogens is 1. The standard InChI is InChI=1S/C24H26N2O3S/c1-16-6-7-19-14-22(17(2)25-23(19)12-16)24(27)26-20-5-3-4-18(13-20)15-30(28)21-8-10-29-11-9-21/h3-7,12-14,21H,8-11,15H2,1-2H3,(H,26,27). The maximum absolute atomic E-state index is 12.9. The number of hydrogen-bond acceptors (Lipinski definition) is 4. The van der Waals surface area contributed by atoms with Gasteiger partial charge in [0.15, 0.2) is 0 Å². The summed E-state index contributed by atoms with van der Waals surface area (Å²) >= 11 is 0. The summed E-state index contributed by atoms with van der Waals surface area (Å²) in [4.78, 5) is 17.5. The minimum Gasteiger partial charge on any atom is -0.381 e. The Bertz CT molecular complexity index is 1110. The molecule has 1 fully saturated rings. The smallest absolute Gasteiger partial charge is 0.257 e. The SMILES string of the molecule is Cc1ccc2cc(C(=O)Nc3cccc(CS(=O)C4CCOCC4)c3)c(C)nc2c1. The second-order valence-electron chi connectivity index (χ2n) is 7.81. The van der Waals surface area contributed by atoms with Gasteiger partial charge >= 0.3 is 0 Å². The monoisotopic (exact) mass is 422 g/mol. The molecule has 1 saturated heterocycles. The Balaban J connectivity index is 1.49. The molecule has 0 bridgehead atoms. The second-order valence-corrected chi connectivity index (χ2v) is 9.53. The van der Waals surface area contributed by atoms with E-state index in [0.717, 1.165) is 34.9 Å². The molecule has 30 heavy (non-hydrogen) atoms. The van der Waals surface area contributed by atoms with Crippen molar-refractivity contribution in [1.29, 1.82) is 0 Å². The number of carbonyl (C=O) groups excluding carboxylic acids is 1. The fourth-order valence-electron chi connectivity index (χ4n) is 3.76. The summed E-state index contributed by atoms with van der Waals surface area (Å²) < 4.78 is 18.0. The van der Waals surface area contributed by atoms with Gasteiger partial charge < -0.3 is 10.1 Å². The average Bonchev–Trinajstić information content (AvgIpc) is 2.74. The maximum Gasteiger partial charge on any atom is 0.257 e. The van der Waals surface area contributed by atoms with Gasteiger partial charge in [-0.15, -0.1) is 0 Å². The number of nitrogens with one attached hydrogen (secondary N) is 1. The number of hydrogen-bond donors (Lipinski definition) is 1. The number of anilines is 1. The predicted molar refractivity (Wildman–Crippen MR) is 121 cm³/mol. The third-order valence-corrected chi connectivity index (χ3v) is 7.28. The fourth-order valence-corrected chi connectivity index (χ4v) is 5.22. The van der Waals surface area contributed by atoms with Gasteiger partial charge in [-0.1, -0.05) is 24.3 Å². The molecule has 0 radical (unpaired) electrons. The largest absolute Gasteiger partial charge is 0.381 e. The minimum absolute atomic E-state index is 0.187. The van der Waals surface area contributed by atoms with Crippen molar-refractivity contribution in [2.45, 2.75) is 37.7 Å². The van der Waals surface area contributed by atoms with Crippen LogP contribution < -0.4 is 5.32 Å². The van der Waals surface area contributed by atoms with E-state index in [-0.39, 0.29) is 11.2 Å². The number of fused-ring (bicyclic) bond motifs is 1. The van der Waals surface area contributed by atoms with E-state index in [1.54, 1.807) is 0 Å². The molecular formula is C24H26N2O3S. The molecule has 3 aromatic rings. The van der Waals surface area contributed by atoms with E-state index < -0.39 is 10.8 Å². The molecule has 1 unspecified atom stereocenters. The van der Waals surface area contributed by atoms with Crippen LogP contribution in [0.1, 0.15) is 40.0 Å². The number of amides is 1. The fraction of sp³-hybridized carbons (Fsp3) is 0.333. The zero-order valence-electron chi connectivity index (χ0n) is 17.3. The van der Waals surface area contributed by atoms with Crippen molar-refractivity contribution in [2.24, 2.45) is 0 Å². The zero-order chi connectivity index (χ0) is 21.1. The Hall–Kier alpha value is -2.57. The lowest BCUT2D eigenvalue weighted by Gasteiger charge is -2.21. The highest BCUT2D eigenvalue weighted by atomic mass is 32.2. The second kappa shape index (κ2) is 9.06. The van der Waals surface area contributed by atoms with Crippen molar-refractivity contribution in [3.05, 3.63) is 70.9 Å². The molecule has 0 spiro atoms. The van der Waals surface area contributed by atoms with Crippen LogP contribution >= 0.6 is 0 Å². The topological polar surface area (TPSA) is 68.3 Å². The van der Waals surface area contributed by atoms with Gasteiger partial charge in [0.05, 0.1) is 16.8 Å². The van der Waals surface area contributed by atoms with Gasteiger partial charge in [-0.05, 0) is 62.1 Å². The van der Waals surface area contributed by atoms with Crippen LogP contribution in [0.5, 0.6) is 0 Å². The van der Waals surface area contributed by atoms with Gasteiger partial charge in [0, 0.05) is 46.1 Å². The van der Waals surface area contributed by atoms with E-state index in [1.165, 1.54) is 0 Å². The van der Waals surface area contributed by atoms with Crippen molar-refractivity contribution in [3.8, 4) is 0 Å². The average molecular weight is 423 g/mol. The first-order chi connectivity index (χ1) is 14.5. The molecule has 1 aliphatic rings. The van der Waals surface area contributed by atoms with Crippen molar-refractivity contribution >= 4 is 33.3 Å². The van der Waals surface area contributed by atoms with E-state index in [2.05, 4.69) is 10.3 Å². The van der Waals surface area contributed by atoms with Crippen molar-refractivity contribution in [3.63, 3.8) is 0 Å². The van der Waals surface area contributed by atoms with Gasteiger partial charge in [0.25, 0.3) is 5.91 Å². The van der Waals surface area contributed by atoms with Crippen LogP contribution in [0.2, 0.25) is 0 Å². The van der Waals surface area contributed by atoms with E-state index in [9.17, 15) is 9.00 Å².